The fourth-order valence-corrected chi connectivity index (χ4v) is 3.00. The number of hydrogen-bond donors (Lipinski definition) is 1. The van der Waals surface area contributed by atoms with Crippen molar-refractivity contribution in [2.45, 2.75) is 52.6 Å². The number of aliphatic hydroxyl groups excluding tert-OH is 1. The third-order valence-corrected chi connectivity index (χ3v) is 4.37. The number of aliphatic hydroxyl groups is 1. The standard InChI is InChI=1S/C17H26O2/c1-4-19-15-8-6-5-7-14(15)16(18)13-9-11-17(2,3)12-10-13/h5-8,13,16,18H,4,9-12H2,1-3H3. The van der Waals surface area contributed by atoms with Gasteiger partial charge in [0.25, 0.3) is 0 Å². The molecule has 1 aromatic rings. The Bertz CT molecular complexity index is 401. The van der Waals surface area contributed by atoms with Crippen LogP contribution in [-0.4, -0.2) is 11.7 Å². The molecule has 106 valence electrons. The summed E-state index contributed by atoms with van der Waals surface area (Å²) in [6.07, 6.45) is 4.22. The number of benzene rings is 1. The van der Waals surface area contributed by atoms with Gasteiger partial charge in [-0.15, -0.1) is 0 Å². The lowest BCUT2D eigenvalue weighted by Crippen LogP contribution is -2.25. The maximum atomic E-state index is 10.6. The highest BCUT2D eigenvalue weighted by atomic mass is 16.5. The molecule has 0 spiro atoms. The molecule has 0 aromatic heterocycles. The minimum Gasteiger partial charge on any atom is -0.493 e. The van der Waals surface area contributed by atoms with Crippen LogP contribution >= 0.6 is 0 Å². The van der Waals surface area contributed by atoms with Crippen molar-refractivity contribution in [3.05, 3.63) is 29.8 Å². The predicted molar refractivity (Wildman–Crippen MR) is 78.3 cm³/mol. The normalized spacial score (nSPS) is 21.1. The van der Waals surface area contributed by atoms with Gasteiger partial charge in [0, 0.05) is 5.56 Å². The maximum absolute atomic E-state index is 10.6. The molecular weight excluding hydrogens is 236 g/mol. The molecule has 1 atom stereocenters. The van der Waals surface area contributed by atoms with Gasteiger partial charge in [-0.1, -0.05) is 32.0 Å². The van der Waals surface area contributed by atoms with Gasteiger partial charge >= 0.3 is 0 Å². The SMILES string of the molecule is CCOc1ccccc1C(O)C1CCC(C)(C)CC1. The fraction of sp³-hybridized carbons (Fsp3) is 0.647. The number of hydrogen-bond acceptors (Lipinski definition) is 2. The Morgan fingerprint density at radius 2 is 1.89 bits per heavy atom. The molecule has 0 heterocycles. The summed E-state index contributed by atoms with van der Waals surface area (Å²) in [6.45, 7) is 7.27. The van der Waals surface area contributed by atoms with Gasteiger partial charge in [0.05, 0.1) is 12.7 Å². The van der Waals surface area contributed by atoms with Crippen LogP contribution in [0.4, 0.5) is 0 Å². The minimum absolute atomic E-state index is 0.370. The molecule has 1 fully saturated rings. The highest BCUT2D eigenvalue weighted by Gasteiger charge is 2.32. The summed E-state index contributed by atoms with van der Waals surface area (Å²) < 4.78 is 5.63. The lowest BCUT2D eigenvalue weighted by atomic mass is 9.71. The van der Waals surface area contributed by atoms with Crippen molar-refractivity contribution in [1.29, 1.82) is 0 Å². The number of rotatable bonds is 4. The van der Waals surface area contributed by atoms with Gasteiger partial charge in [-0.25, -0.2) is 0 Å². The second kappa shape index (κ2) is 5.96. The van der Waals surface area contributed by atoms with Gasteiger partial charge in [0.1, 0.15) is 5.75 Å². The number of ether oxygens (including phenoxy) is 1. The Morgan fingerprint density at radius 1 is 1.26 bits per heavy atom. The minimum atomic E-state index is -0.390. The van der Waals surface area contributed by atoms with Crippen molar-refractivity contribution >= 4 is 0 Å². The van der Waals surface area contributed by atoms with E-state index in [1.807, 2.05) is 31.2 Å². The van der Waals surface area contributed by atoms with Crippen LogP contribution in [0.15, 0.2) is 24.3 Å². The van der Waals surface area contributed by atoms with Gasteiger partial charge < -0.3 is 9.84 Å². The maximum Gasteiger partial charge on any atom is 0.125 e. The highest BCUT2D eigenvalue weighted by Crippen LogP contribution is 2.44. The second-order valence-corrected chi connectivity index (χ2v) is 6.42. The Kier molecular flexibility index (Phi) is 4.51. The van der Waals surface area contributed by atoms with Crippen molar-refractivity contribution in [1.82, 2.24) is 0 Å². The van der Waals surface area contributed by atoms with Crippen molar-refractivity contribution in [2.24, 2.45) is 11.3 Å². The zero-order valence-corrected chi connectivity index (χ0v) is 12.4. The van der Waals surface area contributed by atoms with E-state index in [4.69, 9.17) is 4.74 Å². The summed E-state index contributed by atoms with van der Waals surface area (Å²) in [4.78, 5) is 0. The van der Waals surface area contributed by atoms with Crippen LogP contribution in [0.25, 0.3) is 0 Å². The first kappa shape index (κ1) is 14.4. The summed E-state index contributed by atoms with van der Waals surface area (Å²) in [5.41, 5.74) is 1.39. The van der Waals surface area contributed by atoms with Crippen LogP contribution in [0.1, 0.15) is 58.1 Å². The van der Waals surface area contributed by atoms with Gasteiger partial charge in [0.2, 0.25) is 0 Å². The third-order valence-electron chi connectivity index (χ3n) is 4.37. The lowest BCUT2D eigenvalue weighted by Gasteiger charge is -2.36. The topological polar surface area (TPSA) is 29.5 Å². The molecule has 1 aliphatic carbocycles. The molecule has 0 radical (unpaired) electrons. The lowest BCUT2D eigenvalue weighted by molar-refractivity contribution is 0.0547. The first-order valence-corrected chi connectivity index (χ1v) is 7.43. The molecule has 19 heavy (non-hydrogen) atoms. The van der Waals surface area contributed by atoms with E-state index in [1.165, 1.54) is 12.8 Å². The Hall–Kier alpha value is -1.02. The van der Waals surface area contributed by atoms with Gasteiger partial charge in [-0.3, -0.25) is 0 Å². The van der Waals surface area contributed by atoms with Crippen LogP contribution in [-0.2, 0) is 0 Å². The summed E-state index contributed by atoms with van der Waals surface area (Å²) in [7, 11) is 0. The number of para-hydroxylation sites is 1. The molecule has 1 N–H and O–H groups in total. The average Bonchev–Trinajstić information content (AvgIpc) is 2.39. The smallest absolute Gasteiger partial charge is 0.125 e. The fourth-order valence-electron chi connectivity index (χ4n) is 3.00. The van der Waals surface area contributed by atoms with E-state index in [2.05, 4.69) is 13.8 Å². The van der Waals surface area contributed by atoms with E-state index in [0.29, 0.717) is 17.9 Å². The Labute approximate surface area is 116 Å². The van der Waals surface area contributed by atoms with E-state index >= 15 is 0 Å². The van der Waals surface area contributed by atoms with E-state index in [-0.39, 0.29) is 6.10 Å². The second-order valence-electron chi connectivity index (χ2n) is 6.42. The van der Waals surface area contributed by atoms with Crippen LogP contribution in [0.5, 0.6) is 5.75 Å². The molecule has 2 nitrogen and oxygen atoms in total. The zero-order chi connectivity index (χ0) is 13.9. The molecule has 1 unspecified atom stereocenters. The molecule has 0 bridgehead atoms. The molecule has 0 saturated heterocycles. The van der Waals surface area contributed by atoms with Gasteiger partial charge in [0.15, 0.2) is 0 Å². The average molecular weight is 262 g/mol. The first-order valence-electron chi connectivity index (χ1n) is 7.43. The summed E-state index contributed by atoms with van der Waals surface area (Å²) in [5, 5.41) is 10.6. The summed E-state index contributed by atoms with van der Waals surface area (Å²) >= 11 is 0. The molecule has 1 saturated carbocycles. The zero-order valence-electron chi connectivity index (χ0n) is 12.4. The summed E-state index contributed by atoms with van der Waals surface area (Å²) in [5.74, 6) is 1.21. The predicted octanol–water partition coefficient (Wildman–Crippen LogP) is 4.34. The summed E-state index contributed by atoms with van der Waals surface area (Å²) in [6, 6.07) is 7.89. The van der Waals surface area contributed by atoms with E-state index in [9.17, 15) is 5.11 Å². The monoisotopic (exact) mass is 262 g/mol. The largest absolute Gasteiger partial charge is 0.493 e. The van der Waals surface area contributed by atoms with Crippen LogP contribution in [0.3, 0.4) is 0 Å². The van der Waals surface area contributed by atoms with Crippen molar-refractivity contribution in [3.8, 4) is 5.75 Å². The quantitative estimate of drug-likeness (QED) is 0.875. The van der Waals surface area contributed by atoms with Crippen LogP contribution in [0.2, 0.25) is 0 Å². The molecular formula is C17H26O2. The van der Waals surface area contributed by atoms with E-state index in [0.717, 1.165) is 24.2 Å². The molecule has 1 aliphatic rings. The van der Waals surface area contributed by atoms with Crippen LogP contribution in [0, 0.1) is 11.3 Å². The van der Waals surface area contributed by atoms with E-state index in [1.54, 1.807) is 0 Å². The molecule has 0 amide bonds. The highest BCUT2D eigenvalue weighted by molar-refractivity contribution is 5.35. The van der Waals surface area contributed by atoms with E-state index < -0.39 is 0 Å². The molecule has 2 heteroatoms. The third kappa shape index (κ3) is 3.50. The molecule has 1 aromatic carbocycles. The van der Waals surface area contributed by atoms with Crippen LogP contribution < -0.4 is 4.74 Å². The Morgan fingerprint density at radius 3 is 2.53 bits per heavy atom. The van der Waals surface area contributed by atoms with Crippen molar-refractivity contribution in [2.75, 3.05) is 6.61 Å². The van der Waals surface area contributed by atoms with Crippen molar-refractivity contribution in [3.63, 3.8) is 0 Å². The molecule has 2 rings (SSSR count). The first-order chi connectivity index (χ1) is 9.03. The van der Waals surface area contributed by atoms with Gasteiger partial charge in [-0.05, 0) is 50.0 Å². The van der Waals surface area contributed by atoms with Gasteiger partial charge in [-0.2, -0.15) is 0 Å². The Balaban J connectivity index is 2.09. The molecule has 0 aliphatic heterocycles. The van der Waals surface area contributed by atoms with Crippen molar-refractivity contribution < 1.29 is 9.84 Å².